The fraction of sp³-hybridized carbons (Fsp3) is 1.00. The van der Waals surface area contributed by atoms with Crippen LogP contribution in [0.15, 0.2) is 0 Å². The highest BCUT2D eigenvalue weighted by atomic mass is 16.5. The second kappa shape index (κ2) is 13.9. The van der Waals surface area contributed by atoms with Crippen LogP contribution in [0.1, 0.15) is 46.0 Å². The Bertz CT molecular complexity index is 132. The first-order valence-corrected chi connectivity index (χ1v) is 7.29. The van der Waals surface area contributed by atoms with Gasteiger partial charge in [0.2, 0.25) is 0 Å². The molecule has 0 spiro atoms. The number of nitrogens with one attached hydrogen (secondary N) is 1. The van der Waals surface area contributed by atoms with Crippen molar-refractivity contribution in [3.05, 3.63) is 0 Å². The van der Waals surface area contributed by atoms with E-state index < -0.39 is 0 Å². The molecule has 0 atom stereocenters. The number of ether oxygens (including phenoxy) is 1. The van der Waals surface area contributed by atoms with Crippen LogP contribution in [0.5, 0.6) is 0 Å². The van der Waals surface area contributed by atoms with Gasteiger partial charge >= 0.3 is 0 Å². The normalized spacial score (nSPS) is 16.4. The van der Waals surface area contributed by atoms with Crippen molar-refractivity contribution in [2.45, 2.75) is 46.0 Å². The van der Waals surface area contributed by atoms with E-state index in [9.17, 15) is 0 Å². The first kappa shape index (κ1) is 16.9. The molecule has 0 saturated carbocycles. The molecule has 0 radical (unpaired) electrons. The van der Waals surface area contributed by atoms with E-state index >= 15 is 0 Å². The number of nitrogens with zero attached hydrogens (tertiary/aromatic N) is 1. The van der Waals surface area contributed by atoms with Gasteiger partial charge in [-0.1, -0.05) is 33.1 Å². The van der Waals surface area contributed by atoms with Gasteiger partial charge in [0.25, 0.3) is 0 Å². The van der Waals surface area contributed by atoms with Crippen molar-refractivity contribution in [1.29, 1.82) is 0 Å². The van der Waals surface area contributed by atoms with Crippen LogP contribution in [0.3, 0.4) is 0 Å². The lowest BCUT2D eigenvalue weighted by Gasteiger charge is -2.26. The van der Waals surface area contributed by atoms with Gasteiger partial charge in [-0.15, -0.1) is 0 Å². The Labute approximate surface area is 108 Å². The number of unbranched alkanes of at least 4 members (excludes halogenated alkanes) is 3. The topological polar surface area (TPSA) is 24.5 Å². The standard InChI is InChI=1S/C8H17NO.C6H15N/c1-2-3-4-9-5-7-10-8-6-9;1-3-4-5-6-7-2/h2-8H2,1H3;7H,3-6H2,1-2H3. The zero-order chi connectivity index (χ0) is 12.8. The molecule has 1 saturated heterocycles. The van der Waals surface area contributed by atoms with E-state index in [-0.39, 0.29) is 0 Å². The molecule has 1 aliphatic heterocycles. The van der Waals surface area contributed by atoms with Crippen LogP contribution in [0.4, 0.5) is 0 Å². The highest BCUT2D eigenvalue weighted by molar-refractivity contribution is 4.60. The smallest absolute Gasteiger partial charge is 0.0594 e. The molecule has 104 valence electrons. The third kappa shape index (κ3) is 12.1. The summed E-state index contributed by atoms with van der Waals surface area (Å²) < 4.78 is 5.24. The molecule has 0 aromatic carbocycles. The molecule has 1 heterocycles. The molecule has 1 fully saturated rings. The average molecular weight is 244 g/mol. The molecule has 1 rings (SSSR count). The summed E-state index contributed by atoms with van der Waals surface area (Å²) in [6, 6.07) is 0. The summed E-state index contributed by atoms with van der Waals surface area (Å²) in [5.41, 5.74) is 0. The third-order valence-corrected chi connectivity index (χ3v) is 2.96. The fourth-order valence-corrected chi connectivity index (χ4v) is 1.76. The number of rotatable bonds is 7. The number of hydrogen-bond donors (Lipinski definition) is 1. The Kier molecular flexibility index (Phi) is 13.8. The van der Waals surface area contributed by atoms with Crippen LogP contribution in [0.25, 0.3) is 0 Å². The SMILES string of the molecule is CCCCCNC.CCCCN1CCOCC1. The van der Waals surface area contributed by atoms with Gasteiger partial charge in [0.1, 0.15) is 0 Å². The monoisotopic (exact) mass is 244 g/mol. The maximum atomic E-state index is 5.24. The lowest BCUT2D eigenvalue weighted by atomic mass is 10.2. The van der Waals surface area contributed by atoms with Crippen molar-refractivity contribution in [3.63, 3.8) is 0 Å². The summed E-state index contributed by atoms with van der Waals surface area (Å²) >= 11 is 0. The van der Waals surface area contributed by atoms with Crippen molar-refractivity contribution in [3.8, 4) is 0 Å². The van der Waals surface area contributed by atoms with Gasteiger partial charge in [-0.3, -0.25) is 4.90 Å². The van der Waals surface area contributed by atoms with Gasteiger partial charge in [-0.25, -0.2) is 0 Å². The van der Waals surface area contributed by atoms with E-state index in [1.54, 1.807) is 0 Å². The highest BCUT2D eigenvalue weighted by Gasteiger charge is 2.07. The minimum absolute atomic E-state index is 0.934. The van der Waals surface area contributed by atoms with Gasteiger partial charge in [0, 0.05) is 13.1 Å². The molecule has 1 N–H and O–H groups in total. The highest BCUT2D eigenvalue weighted by Crippen LogP contribution is 1.98. The quantitative estimate of drug-likeness (QED) is 0.697. The lowest BCUT2D eigenvalue weighted by Crippen LogP contribution is -2.36. The Morgan fingerprint density at radius 3 is 2.18 bits per heavy atom. The van der Waals surface area contributed by atoms with Crippen LogP contribution in [-0.4, -0.2) is 51.3 Å². The summed E-state index contributed by atoms with van der Waals surface area (Å²) in [4.78, 5) is 2.48. The molecule has 0 amide bonds. The Morgan fingerprint density at radius 1 is 1.00 bits per heavy atom. The molecule has 1 aliphatic rings. The zero-order valence-electron chi connectivity index (χ0n) is 12.1. The molecule has 0 unspecified atom stereocenters. The van der Waals surface area contributed by atoms with Gasteiger partial charge in [-0.2, -0.15) is 0 Å². The molecule has 0 aromatic heterocycles. The molecular formula is C14H32N2O. The molecular weight excluding hydrogens is 212 g/mol. The van der Waals surface area contributed by atoms with E-state index in [1.807, 2.05) is 7.05 Å². The summed E-state index contributed by atoms with van der Waals surface area (Å²) in [6.07, 6.45) is 6.65. The summed E-state index contributed by atoms with van der Waals surface area (Å²) in [5, 5.41) is 3.10. The van der Waals surface area contributed by atoms with Gasteiger partial charge in [0.05, 0.1) is 13.2 Å². The average Bonchev–Trinajstić information content (AvgIpc) is 2.39. The summed E-state index contributed by atoms with van der Waals surface area (Å²) in [5.74, 6) is 0. The third-order valence-electron chi connectivity index (χ3n) is 2.96. The second-order valence-electron chi connectivity index (χ2n) is 4.62. The predicted octanol–water partition coefficient (Wildman–Crippen LogP) is 2.51. The minimum Gasteiger partial charge on any atom is -0.379 e. The number of hydrogen-bond acceptors (Lipinski definition) is 3. The zero-order valence-corrected chi connectivity index (χ0v) is 12.1. The van der Waals surface area contributed by atoms with Gasteiger partial charge in [-0.05, 0) is 33.0 Å². The van der Waals surface area contributed by atoms with Gasteiger partial charge < -0.3 is 10.1 Å². The maximum Gasteiger partial charge on any atom is 0.0594 e. The maximum absolute atomic E-state index is 5.24. The van der Waals surface area contributed by atoms with E-state index in [1.165, 1.54) is 45.2 Å². The Hall–Kier alpha value is -0.120. The van der Waals surface area contributed by atoms with Crippen molar-refractivity contribution in [2.75, 3.05) is 46.4 Å². The van der Waals surface area contributed by atoms with E-state index in [2.05, 4.69) is 24.1 Å². The van der Waals surface area contributed by atoms with Crippen molar-refractivity contribution in [2.24, 2.45) is 0 Å². The van der Waals surface area contributed by atoms with Crippen LogP contribution >= 0.6 is 0 Å². The lowest BCUT2D eigenvalue weighted by molar-refractivity contribution is 0.0373. The largest absolute Gasteiger partial charge is 0.379 e. The predicted molar refractivity (Wildman–Crippen MR) is 75.6 cm³/mol. The second-order valence-corrected chi connectivity index (χ2v) is 4.62. The Balaban J connectivity index is 0.000000325. The molecule has 17 heavy (non-hydrogen) atoms. The van der Waals surface area contributed by atoms with Crippen LogP contribution in [0.2, 0.25) is 0 Å². The van der Waals surface area contributed by atoms with Crippen LogP contribution < -0.4 is 5.32 Å². The van der Waals surface area contributed by atoms with Crippen molar-refractivity contribution < 1.29 is 4.74 Å². The van der Waals surface area contributed by atoms with E-state index in [4.69, 9.17) is 4.74 Å². The van der Waals surface area contributed by atoms with Crippen molar-refractivity contribution >= 4 is 0 Å². The van der Waals surface area contributed by atoms with Crippen LogP contribution in [-0.2, 0) is 4.74 Å². The molecule has 0 bridgehead atoms. The summed E-state index contributed by atoms with van der Waals surface area (Å²) in [6.45, 7) is 11.0. The molecule has 3 heteroatoms. The van der Waals surface area contributed by atoms with E-state index in [0.29, 0.717) is 0 Å². The first-order valence-electron chi connectivity index (χ1n) is 7.29. The molecule has 0 aromatic rings. The molecule has 3 nitrogen and oxygen atoms in total. The minimum atomic E-state index is 0.934. The fourth-order valence-electron chi connectivity index (χ4n) is 1.76. The van der Waals surface area contributed by atoms with Crippen LogP contribution in [0, 0.1) is 0 Å². The summed E-state index contributed by atoms with van der Waals surface area (Å²) in [7, 11) is 2.00. The van der Waals surface area contributed by atoms with Crippen molar-refractivity contribution in [1.82, 2.24) is 10.2 Å². The first-order chi connectivity index (χ1) is 8.35. The Morgan fingerprint density at radius 2 is 1.65 bits per heavy atom. The number of morpholine rings is 1. The molecule has 0 aliphatic carbocycles. The van der Waals surface area contributed by atoms with Gasteiger partial charge in [0.15, 0.2) is 0 Å². The van der Waals surface area contributed by atoms with E-state index in [0.717, 1.165) is 26.3 Å².